The molecule has 1 aliphatic carbocycles. The topological polar surface area (TPSA) is 80.6 Å². The zero-order chi connectivity index (χ0) is 24.5. The fourth-order valence-electron chi connectivity index (χ4n) is 5.36. The lowest BCUT2D eigenvalue weighted by Crippen LogP contribution is -2.53. The predicted molar refractivity (Wildman–Crippen MR) is 134 cm³/mol. The maximum atomic E-state index is 14.1. The van der Waals surface area contributed by atoms with Gasteiger partial charge in [0, 0.05) is 22.3 Å². The van der Waals surface area contributed by atoms with Gasteiger partial charge in [-0.2, -0.15) is 0 Å². The summed E-state index contributed by atoms with van der Waals surface area (Å²) < 4.78 is 6.76. The zero-order valence-electron chi connectivity index (χ0n) is 19.6. The molecule has 2 amide bonds. The van der Waals surface area contributed by atoms with Crippen LogP contribution in [0, 0.1) is 0 Å². The van der Waals surface area contributed by atoms with Crippen molar-refractivity contribution in [3.05, 3.63) is 65.3 Å². The number of methoxy groups -OCH3 is 1. The molecule has 35 heavy (non-hydrogen) atoms. The molecule has 1 aromatic heterocycles. The Hall–Kier alpha value is -3.32. The average Bonchev–Trinajstić information content (AvgIpc) is 3.25. The molecule has 5 rings (SSSR count). The third-order valence-corrected chi connectivity index (χ3v) is 7.29. The molecule has 1 saturated carbocycles. The number of halogens is 1. The van der Waals surface area contributed by atoms with Crippen LogP contribution in [-0.2, 0) is 19.1 Å². The van der Waals surface area contributed by atoms with Crippen LogP contribution in [0.3, 0.4) is 0 Å². The molecule has 2 aliphatic rings. The molecule has 0 bridgehead atoms. The number of carbonyl (C=O) groups is 3. The SMILES string of the molecule is COC(=O)CC1C(=O)N(c2ccc(Cl)cc2)C(C(=O)NC2CCCCC2)c2cc3ccccc3n21. The number of esters is 1. The van der Waals surface area contributed by atoms with Gasteiger partial charge in [-0.3, -0.25) is 19.3 Å². The van der Waals surface area contributed by atoms with Crippen LogP contribution in [0.4, 0.5) is 5.69 Å². The van der Waals surface area contributed by atoms with Crippen LogP contribution >= 0.6 is 11.6 Å². The van der Waals surface area contributed by atoms with Gasteiger partial charge in [0.25, 0.3) is 5.91 Å². The first-order chi connectivity index (χ1) is 17.0. The summed E-state index contributed by atoms with van der Waals surface area (Å²) in [6.07, 6.45) is 5.06. The van der Waals surface area contributed by atoms with Crippen LogP contribution in [0.5, 0.6) is 0 Å². The summed E-state index contributed by atoms with van der Waals surface area (Å²) >= 11 is 6.12. The molecule has 0 saturated heterocycles. The van der Waals surface area contributed by atoms with E-state index in [0.717, 1.165) is 36.6 Å². The second-order valence-electron chi connectivity index (χ2n) is 9.22. The Labute approximate surface area is 209 Å². The standard InChI is InChI=1S/C27H28ClN3O4/c1-35-24(32)16-23-27(34)30(20-13-11-18(28)12-14-20)25(26(33)29-19-8-3-2-4-9-19)22-15-17-7-5-6-10-21(17)31(22)23/h5-7,10-15,19,23,25H,2-4,8-9,16H2,1H3,(H,29,33). The van der Waals surface area contributed by atoms with Gasteiger partial charge in [-0.05, 0) is 54.6 Å². The van der Waals surface area contributed by atoms with Gasteiger partial charge in [-0.15, -0.1) is 0 Å². The van der Waals surface area contributed by atoms with Crippen LogP contribution in [0.15, 0.2) is 54.6 Å². The van der Waals surface area contributed by atoms with E-state index in [9.17, 15) is 14.4 Å². The normalized spacial score (nSPS) is 20.5. The van der Waals surface area contributed by atoms with Crippen molar-refractivity contribution < 1.29 is 19.1 Å². The van der Waals surface area contributed by atoms with E-state index in [1.807, 2.05) is 34.9 Å². The third-order valence-electron chi connectivity index (χ3n) is 7.04. The average molecular weight is 494 g/mol. The van der Waals surface area contributed by atoms with Gasteiger partial charge < -0.3 is 14.6 Å². The van der Waals surface area contributed by atoms with Crippen LogP contribution in [-0.4, -0.2) is 35.5 Å². The van der Waals surface area contributed by atoms with E-state index in [0.29, 0.717) is 16.4 Å². The van der Waals surface area contributed by atoms with Crippen LogP contribution < -0.4 is 10.2 Å². The summed E-state index contributed by atoms with van der Waals surface area (Å²) in [5, 5.41) is 4.64. The van der Waals surface area contributed by atoms with Crippen molar-refractivity contribution in [2.24, 2.45) is 0 Å². The highest BCUT2D eigenvalue weighted by atomic mass is 35.5. The summed E-state index contributed by atoms with van der Waals surface area (Å²) in [4.78, 5) is 41.8. The van der Waals surface area contributed by atoms with Gasteiger partial charge in [-0.1, -0.05) is 49.1 Å². The number of aromatic nitrogens is 1. The number of carbonyl (C=O) groups excluding carboxylic acids is 3. The van der Waals surface area contributed by atoms with E-state index in [4.69, 9.17) is 16.3 Å². The Morgan fingerprint density at radius 2 is 1.77 bits per heavy atom. The largest absolute Gasteiger partial charge is 0.469 e. The number of nitrogens with zero attached hydrogens (tertiary/aromatic N) is 2. The number of hydrogen-bond donors (Lipinski definition) is 1. The fourth-order valence-corrected chi connectivity index (χ4v) is 5.49. The van der Waals surface area contributed by atoms with Gasteiger partial charge in [0.2, 0.25) is 5.91 Å². The van der Waals surface area contributed by atoms with Crippen LogP contribution in [0.1, 0.15) is 56.3 Å². The Balaban J connectivity index is 1.66. The van der Waals surface area contributed by atoms with E-state index in [1.54, 1.807) is 24.3 Å². The second kappa shape index (κ2) is 9.74. The van der Waals surface area contributed by atoms with Crippen LogP contribution in [0.25, 0.3) is 10.9 Å². The molecule has 7 nitrogen and oxygen atoms in total. The lowest BCUT2D eigenvalue weighted by molar-refractivity contribution is -0.143. The maximum Gasteiger partial charge on any atom is 0.308 e. The highest BCUT2D eigenvalue weighted by Gasteiger charge is 2.45. The molecule has 2 atom stereocenters. The van der Waals surface area contributed by atoms with E-state index in [1.165, 1.54) is 18.4 Å². The highest BCUT2D eigenvalue weighted by Crippen LogP contribution is 2.41. The van der Waals surface area contributed by atoms with Crippen molar-refractivity contribution in [3.8, 4) is 0 Å². The first-order valence-electron chi connectivity index (χ1n) is 12.0. The number of amides is 2. The van der Waals surface area contributed by atoms with Crippen molar-refractivity contribution in [3.63, 3.8) is 0 Å². The lowest BCUT2D eigenvalue weighted by Gasteiger charge is -2.40. The van der Waals surface area contributed by atoms with Gasteiger partial charge in [0.05, 0.1) is 19.2 Å². The first kappa shape index (κ1) is 23.4. The Bertz CT molecular complexity index is 1260. The number of nitrogens with one attached hydrogen (secondary N) is 1. The Kier molecular flexibility index (Phi) is 6.52. The fraction of sp³-hybridized carbons (Fsp3) is 0.370. The number of benzene rings is 2. The van der Waals surface area contributed by atoms with Crippen LogP contribution in [0.2, 0.25) is 5.02 Å². The smallest absolute Gasteiger partial charge is 0.308 e. The molecule has 1 fully saturated rings. The minimum Gasteiger partial charge on any atom is -0.469 e. The number of para-hydroxylation sites is 1. The lowest BCUT2D eigenvalue weighted by atomic mass is 9.94. The highest BCUT2D eigenvalue weighted by molar-refractivity contribution is 6.30. The monoisotopic (exact) mass is 493 g/mol. The van der Waals surface area contributed by atoms with E-state index < -0.39 is 18.1 Å². The Morgan fingerprint density at radius 3 is 2.49 bits per heavy atom. The maximum absolute atomic E-state index is 14.1. The van der Waals surface area contributed by atoms with Crippen molar-refractivity contribution in [1.82, 2.24) is 9.88 Å². The van der Waals surface area contributed by atoms with Gasteiger partial charge >= 0.3 is 5.97 Å². The number of ether oxygens (including phenoxy) is 1. The van der Waals surface area contributed by atoms with Gasteiger partial charge in [-0.25, -0.2) is 0 Å². The number of anilines is 1. The first-order valence-corrected chi connectivity index (χ1v) is 12.4. The summed E-state index contributed by atoms with van der Waals surface area (Å²) in [5.74, 6) is -1.05. The number of fused-ring (bicyclic) bond motifs is 3. The molecule has 8 heteroatoms. The summed E-state index contributed by atoms with van der Waals surface area (Å²) in [6.45, 7) is 0. The van der Waals surface area contributed by atoms with Crippen molar-refractivity contribution in [1.29, 1.82) is 0 Å². The minimum absolute atomic E-state index is 0.0871. The van der Waals surface area contributed by atoms with Crippen molar-refractivity contribution in [2.75, 3.05) is 12.0 Å². The molecule has 0 radical (unpaired) electrons. The van der Waals surface area contributed by atoms with E-state index >= 15 is 0 Å². The zero-order valence-corrected chi connectivity index (χ0v) is 20.3. The van der Waals surface area contributed by atoms with Crippen molar-refractivity contribution >= 4 is 46.0 Å². The minimum atomic E-state index is -0.883. The number of rotatable bonds is 5. The predicted octanol–water partition coefficient (Wildman–Crippen LogP) is 4.94. The molecule has 0 spiro atoms. The van der Waals surface area contributed by atoms with E-state index in [2.05, 4.69) is 5.32 Å². The molecule has 1 aliphatic heterocycles. The second-order valence-corrected chi connectivity index (χ2v) is 9.66. The summed E-state index contributed by atoms with van der Waals surface area (Å²) in [7, 11) is 1.31. The molecule has 2 aromatic carbocycles. The summed E-state index contributed by atoms with van der Waals surface area (Å²) in [5.41, 5.74) is 2.02. The molecule has 2 heterocycles. The van der Waals surface area contributed by atoms with Gasteiger partial charge in [0.15, 0.2) is 6.04 Å². The van der Waals surface area contributed by atoms with Crippen molar-refractivity contribution in [2.45, 2.75) is 56.7 Å². The quantitative estimate of drug-likeness (QED) is 0.511. The van der Waals surface area contributed by atoms with Gasteiger partial charge in [0.1, 0.15) is 6.04 Å². The molecular weight excluding hydrogens is 466 g/mol. The van der Waals surface area contributed by atoms with E-state index in [-0.39, 0.29) is 24.3 Å². The third kappa shape index (κ3) is 4.41. The molecule has 2 unspecified atom stereocenters. The number of hydrogen-bond acceptors (Lipinski definition) is 4. The molecule has 3 aromatic rings. The molecule has 1 N–H and O–H groups in total. The molecular formula is C27H28ClN3O4. The Morgan fingerprint density at radius 1 is 1.06 bits per heavy atom. The summed E-state index contributed by atoms with van der Waals surface area (Å²) in [6, 6.07) is 14.8. The molecule has 182 valence electrons.